The van der Waals surface area contributed by atoms with Gasteiger partial charge in [0.15, 0.2) is 0 Å². The fourth-order valence-corrected chi connectivity index (χ4v) is 4.42. The second-order valence-electron chi connectivity index (χ2n) is 8.79. The molecule has 1 aromatic heterocycles. The summed E-state index contributed by atoms with van der Waals surface area (Å²) in [6.07, 6.45) is 0. The Kier molecular flexibility index (Phi) is 6.51. The van der Waals surface area contributed by atoms with Crippen molar-refractivity contribution in [1.82, 2.24) is 9.55 Å². The molecule has 0 bridgehead atoms. The van der Waals surface area contributed by atoms with Crippen LogP contribution in [-0.2, 0) is 9.59 Å². The van der Waals surface area contributed by atoms with Gasteiger partial charge in [-0.25, -0.2) is 4.98 Å². The van der Waals surface area contributed by atoms with E-state index < -0.39 is 11.6 Å². The molecule has 0 aliphatic carbocycles. The van der Waals surface area contributed by atoms with Crippen molar-refractivity contribution in [2.45, 2.75) is 40.7 Å². The normalized spacial score (nSPS) is 11.8. The van der Waals surface area contributed by atoms with Crippen LogP contribution >= 0.6 is 0 Å². The Morgan fingerprint density at radius 2 is 1.54 bits per heavy atom. The van der Waals surface area contributed by atoms with Crippen LogP contribution in [0.3, 0.4) is 0 Å². The molecule has 1 atom stereocenters. The topological polar surface area (TPSA) is 93.1 Å². The Labute approximate surface area is 203 Å². The molecule has 3 aromatic carbocycles. The predicted molar refractivity (Wildman–Crippen MR) is 140 cm³/mol. The second kappa shape index (κ2) is 9.54. The molecule has 35 heavy (non-hydrogen) atoms. The minimum Gasteiger partial charge on any atom is -0.326 e. The van der Waals surface area contributed by atoms with Gasteiger partial charge < -0.3 is 10.6 Å². The third-order valence-electron chi connectivity index (χ3n) is 5.98. The molecule has 4 aromatic rings. The maximum atomic E-state index is 13.8. The first kappa shape index (κ1) is 23.9. The van der Waals surface area contributed by atoms with E-state index in [1.807, 2.05) is 45.0 Å². The maximum Gasteiger partial charge on any atom is 0.278 e. The molecular formula is C28H28N4O3. The molecule has 7 heteroatoms. The third-order valence-corrected chi connectivity index (χ3v) is 5.98. The van der Waals surface area contributed by atoms with Crippen molar-refractivity contribution in [3.63, 3.8) is 0 Å². The maximum absolute atomic E-state index is 13.8. The molecule has 0 radical (unpaired) electrons. The van der Waals surface area contributed by atoms with E-state index in [1.54, 1.807) is 43.3 Å². The van der Waals surface area contributed by atoms with E-state index >= 15 is 0 Å². The summed E-state index contributed by atoms with van der Waals surface area (Å²) >= 11 is 0. The molecule has 0 spiro atoms. The van der Waals surface area contributed by atoms with Gasteiger partial charge in [-0.3, -0.25) is 19.0 Å². The molecule has 0 saturated heterocycles. The average Bonchev–Trinajstić information content (AvgIpc) is 2.80. The molecular weight excluding hydrogens is 440 g/mol. The van der Waals surface area contributed by atoms with E-state index in [4.69, 9.17) is 0 Å². The minimum atomic E-state index is -0.817. The molecule has 0 saturated carbocycles. The fourth-order valence-electron chi connectivity index (χ4n) is 4.42. The highest BCUT2D eigenvalue weighted by molar-refractivity contribution is 5.97. The number of amides is 2. The Morgan fingerprint density at radius 1 is 0.914 bits per heavy atom. The van der Waals surface area contributed by atoms with Gasteiger partial charge in [0.25, 0.3) is 5.56 Å². The molecule has 0 aliphatic rings. The number of carbonyl (C=O) groups excluding carboxylic acids is 2. The van der Waals surface area contributed by atoms with Gasteiger partial charge in [0.1, 0.15) is 11.7 Å². The average molecular weight is 469 g/mol. The van der Waals surface area contributed by atoms with Crippen LogP contribution in [0.1, 0.15) is 36.6 Å². The van der Waals surface area contributed by atoms with Crippen LogP contribution in [0.4, 0.5) is 11.4 Å². The second-order valence-corrected chi connectivity index (χ2v) is 8.79. The van der Waals surface area contributed by atoms with Crippen LogP contribution in [-0.4, -0.2) is 21.4 Å². The van der Waals surface area contributed by atoms with Crippen molar-refractivity contribution < 1.29 is 9.59 Å². The first-order chi connectivity index (χ1) is 16.7. The Morgan fingerprint density at radius 3 is 2.23 bits per heavy atom. The molecule has 0 aliphatic heterocycles. The zero-order chi connectivity index (χ0) is 25.3. The molecule has 0 unspecified atom stereocenters. The summed E-state index contributed by atoms with van der Waals surface area (Å²) in [4.78, 5) is 43.6. The fraction of sp³-hybridized carbons (Fsp3) is 0.214. The Balaban J connectivity index is 1.86. The van der Waals surface area contributed by atoms with Gasteiger partial charge in [0.05, 0.1) is 16.7 Å². The van der Waals surface area contributed by atoms with E-state index in [0.29, 0.717) is 22.3 Å². The molecule has 7 nitrogen and oxygen atoms in total. The Hall–Kier alpha value is -4.26. The van der Waals surface area contributed by atoms with Crippen LogP contribution in [0.15, 0.2) is 65.5 Å². The molecule has 178 valence electrons. The monoisotopic (exact) mass is 468 g/mol. The van der Waals surface area contributed by atoms with Crippen molar-refractivity contribution in [2.24, 2.45) is 0 Å². The van der Waals surface area contributed by atoms with E-state index in [9.17, 15) is 14.4 Å². The lowest BCUT2D eigenvalue weighted by Crippen LogP contribution is -2.33. The standard InChI is InChI=1S/C28H28N4O3/c1-16-14-17(2)25(18(3)15-16)31-27(34)19(4)32-24-13-9-8-12-23(24)30-26(28(32)35)21-10-6-7-11-22(21)29-20(5)33/h6-15,19H,1-5H3,(H,29,33)(H,31,34)/t19-/m0/s1. The minimum absolute atomic E-state index is 0.162. The first-order valence-electron chi connectivity index (χ1n) is 11.4. The van der Waals surface area contributed by atoms with Crippen molar-refractivity contribution >= 4 is 34.2 Å². The summed E-state index contributed by atoms with van der Waals surface area (Å²) in [5, 5.41) is 5.78. The highest BCUT2D eigenvalue weighted by atomic mass is 16.2. The van der Waals surface area contributed by atoms with Gasteiger partial charge in [0.2, 0.25) is 11.8 Å². The number of nitrogens with one attached hydrogen (secondary N) is 2. The lowest BCUT2D eigenvalue weighted by atomic mass is 10.0. The van der Waals surface area contributed by atoms with Crippen LogP contribution in [0, 0.1) is 20.8 Å². The van der Waals surface area contributed by atoms with E-state index in [2.05, 4.69) is 15.6 Å². The van der Waals surface area contributed by atoms with E-state index in [-0.39, 0.29) is 17.5 Å². The van der Waals surface area contributed by atoms with Crippen molar-refractivity contribution in [3.05, 3.63) is 87.7 Å². The third kappa shape index (κ3) is 4.71. The number of aryl methyl sites for hydroxylation is 3. The number of nitrogens with zero attached hydrogens (tertiary/aromatic N) is 2. The number of anilines is 2. The summed E-state index contributed by atoms with van der Waals surface area (Å²) in [5.74, 6) is -0.560. The van der Waals surface area contributed by atoms with Crippen molar-refractivity contribution in [3.8, 4) is 11.3 Å². The van der Waals surface area contributed by atoms with Gasteiger partial charge in [-0.15, -0.1) is 0 Å². The van der Waals surface area contributed by atoms with Crippen molar-refractivity contribution in [1.29, 1.82) is 0 Å². The summed E-state index contributed by atoms with van der Waals surface area (Å²) in [7, 11) is 0. The Bertz CT molecular complexity index is 1500. The summed E-state index contributed by atoms with van der Waals surface area (Å²) in [6.45, 7) is 9.02. The number of rotatable bonds is 5. The van der Waals surface area contributed by atoms with E-state index in [0.717, 1.165) is 22.4 Å². The van der Waals surface area contributed by atoms with Gasteiger partial charge in [-0.05, 0) is 57.0 Å². The number of para-hydroxylation sites is 3. The lowest BCUT2D eigenvalue weighted by molar-refractivity contribution is -0.118. The number of carbonyl (C=O) groups is 2. The molecule has 2 amide bonds. The van der Waals surface area contributed by atoms with Gasteiger partial charge in [0, 0.05) is 18.2 Å². The number of hydrogen-bond donors (Lipinski definition) is 2. The SMILES string of the molecule is CC(=O)Nc1ccccc1-c1nc2ccccc2n([C@@H](C)C(=O)Nc2c(C)cc(C)cc2C)c1=O. The number of benzene rings is 3. The highest BCUT2D eigenvalue weighted by Gasteiger charge is 2.24. The van der Waals surface area contributed by atoms with Crippen LogP contribution in [0.2, 0.25) is 0 Å². The first-order valence-corrected chi connectivity index (χ1v) is 11.4. The number of aromatic nitrogens is 2. The van der Waals surface area contributed by atoms with Crippen LogP contribution in [0.25, 0.3) is 22.3 Å². The lowest BCUT2D eigenvalue weighted by Gasteiger charge is -2.21. The largest absolute Gasteiger partial charge is 0.326 e. The quantitative estimate of drug-likeness (QED) is 0.424. The smallest absolute Gasteiger partial charge is 0.278 e. The number of fused-ring (bicyclic) bond motifs is 1. The van der Waals surface area contributed by atoms with Crippen molar-refractivity contribution in [2.75, 3.05) is 10.6 Å². The highest BCUT2D eigenvalue weighted by Crippen LogP contribution is 2.28. The van der Waals surface area contributed by atoms with E-state index in [1.165, 1.54) is 11.5 Å². The predicted octanol–water partition coefficient (Wildman–Crippen LogP) is 5.15. The van der Waals surface area contributed by atoms with Gasteiger partial charge in [-0.1, -0.05) is 48.0 Å². The molecule has 1 heterocycles. The summed E-state index contributed by atoms with van der Waals surface area (Å²) in [6, 6.07) is 17.4. The van der Waals surface area contributed by atoms with Gasteiger partial charge in [-0.2, -0.15) is 0 Å². The van der Waals surface area contributed by atoms with Gasteiger partial charge >= 0.3 is 0 Å². The van der Waals surface area contributed by atoms with Crippen LogP contribution < -0.4 is 16.2 Å². The molecule has 4 rings (SSSR count). The molecule has 0 fully saturated rings. The van der Waals surface area contributed by atoms with Crippen LogP contribution in [0.5, 0.6) is 0 Å². The summed E-state index contributed by atoms with van der Waals surface area (Å²) < 4.78 is 1.47. The number of hydrogen-bond acceptors (Lipinski definition) is 4. The summed E-state index contributed by atoms with van der Waals surface area (Å²) in [5.41, 5.74) is 5.62. The molecule has 2 N–H and O–H groups in total. The zero-order valence-corrected chi connectivity index (χ0v) is 20.5. The zero-order valence-electron chi connectivity index (χ0n) is 20.5.